The Morgan fingerprint density at radius 3 is 2.20 bits per heavy atom. The summed E-state index contributed by atoms with van der Waals surface area (Å²) >= 11 is 6.05. The number of carbonyl (C=O) groups excluding carboxylic acids is 1. The predicted molar refractivity (Wildman–Crippen MR) is 78.5 cm³/mol. The molecule has 0 aromatic heterocycles. The molecule has 20 heavy (non-hydrogen) atoms. The smallest absolute Gasteiger partial charge is 0.465 e. The fourth-order valence-corrected chi connectivity index (χ4v) is 2.21. The third kappa shape index (κ3) is 2.71. The first kappa shape index (κ1) is 15.4. The first-order valence-corrected chi connectivity index (χ1v) is 6.78. The van der Waals surface area contributed by atoms with Crippen molar-refractivity contribution in [3.8, 4) is 0 Å². The molecule has 1 fully saturated rings. The van der Waals surface area contributed by atoms with Crippen LogP contribution in [0, 0.1) is 0 Å². The fourth-order valence-electron chi connectivity index (χ4n) is 1.96. The second-order valence-electron chi connectivity index (χ2n) is 5.85. The number of carbonyl (C=O) groups is 1. The van der Waals surface area contributed by atoms with Crippen LogP contribution in [0.4, 0.5) is 0 Å². The predicted octanol–water partition coefficient (Wildman–Crippen LogP) is 2.43. The summed E-state index contributed by atoms with van der Waals surface area (Å²) in [6, 6.07) is 4.97. The third-order valence-corrected chi connectivity index (χ3v) is 4.08. The molecule has 1 heterocycles. The molecule has 0 unspecified atom stereocenters. The molecule has 108 valence electrons. The number of hydrogen-bond donors (Lipinski definition) is 0. The summed E-state index contributed by atoms with van der Waals surface area (Å²) in [5, 5.41) is 0.442. The van der Waals surface area contributed by atoms with Crippen LogP contribution in [0.5, 0.6) is 0 Å². The molecular formula is C14H18BClO4. The van der Waals surface area contributed by atoms with Crippen molar-refractivity contribution < 1.29 is 18.8 Å². The molecule has 0 bridgehead atoms. The van der Waals surface area contributed by atoms with Gasteiger partial charge in [-0.05, 0) is 51.4 Å². The van der Waals surface area contributed by atoms with E-state index in [2.05, 4.69) is 0 Å². The Hall–Kier alpha value is -1.04. The lowest BCUT2D eigenvalue weighted by molar-refractivity contribution is 0.00578. The van der Waals surface area contributed by atoms with E-state index in [1.54, 1.807) is 18.2 Å². The monoisotopic (exact) mass is 296 g/mol. The van der Waals surface area contributed by atoms with Crippen molar-refractivity contribution >= 4 is 30.2 Å². The molecule has 1 aromatic rings. The number of rotatable bonds is 2. The average molecular weight is 297 g/mol. The van der Waals surface area contributed by atoms with Gasteiger partial charge in [-0.25, -0.2) is 4.79 Å². The molecular weight excluding hydrogens is 278 g/mol. The van der Waals surface area contributed by atoms with E-state index in [0.717, 1.165) is 0 Å². The Morgan fingerprint density at radius 2 is 1.70 bits per heavy atom. The second-order valence-corrected chi connectivity index (χ2v) is 6.29. The number of hydrogen-bond acceptors (Lipinski definition) is 4. The van der Waals surface area contributed by atoms with Crippen molar-refractivity contribution in [2.45, 2.75) is 38.9 Å². The van der Waals surface area contributed by atoms with Gasteiger partial charge in [-0.2, -0.15) is 0 Å². The molecule has 1 aromatic carbocycles. The summed E-state index contributed by atoms with van der Waals surface area (Å²) in [4.78, 5) is 11.6. The molecule has 0 amide bonds. The van der Waals surface area contributed by atoms with Crippen LogP contribution >= 0.6 is 11.6 Å². The highest BCUT2D eigenvalue weighted by molar-refractivity contribution is 6.62. The number of esters is 1. The van der Waals surface area contributed by atoms with Gasteiger partial charge < -0.3 is 14.0 Å². The number of halogens is 1. The number of benzene rings is 1. The zero-order valence-corrected chi connectivity index (χ0v) is 13.1. The van der Waals surface area contributed by atoms with E-state index in [4.69, 9.17) is 25.6 Å². The van der Waals surface area contributed by atoms with Gasteiger partial charge in [0, 0.05) is 5.02 Å². The third-order valence-electron chi connectivity index (χ3n) is 3.87. The molecule has 0 spiro atoms. The van der Waals surface area contributed by atoms with Gasteiger partial charge in [-0.15, -0.1) is 0 Å². The Bertz CT molecular complexity index is 526. The zero-order chi connectivity index (χ0) is 15.1. The maximum atomic E-state index is 11.6. The highest BCUT2D eigenvalue weighted by atomic mass is 35.5. The number of methoxy groups -OCH3 is 1. The van der Waals surface area contributed by atoms with Gasteiger partial charge in [0.25, 0.3) is 0 Å². The first-order valence-electron chi connectivity index (χ1n) is 6.41. The molecule has 0 aliphatic carbocycles. The van der Waals surface area contributed by atoms with Gasteiger partial charge in [-0.3, -0.25) is 0 Å². The summed E-state index contributed by atoms with van der Waals surface area (Å²) in [5.41, 5.74) is 0.206. The number of ether oxygens (including phenoxy) is 1. The van der Waals surface area contributed by atoms with Gasteiger partial charge in [-0.1, -0.05) is 11.6 Å². The Labute approximate surface area is 124 Å². The van der Waals surface area contributed by atoms with Crippen LogP contribution in [0.1, 0.15) is 38.1 Å². The SMILES string of the molecule is COC(=O)c1cc(Cl)cc(B2OC(C)(C)C(C)(C)O2)c1. The molecule has 4 nitrogen and oxygen atoms in total. The van der Waals surface area contributed by atoms with Gasteiger partial charge in [0.05, 0.1) is 23.9 Å². The molecule has 1 aliphatic heterocycles. The molecule has 2 rings (SSSR count). The van der Waals surface area contributed by atoms with Gasteiger partial charge in [0.2, 0.25) is 0 Å². The Morgan fingerprint density at radius 1 is 1.15 bits per heavy atom. The molecule has 0 N–H and O–H groups in total. The van der Waals surface area contributed by atoms with Crippen LogP contribution in [0.2, 0.25) is 5.02 Å². The summed E-state index contributed by atoms with van der Waals surface area (Å²) < 4.78 is 16.6. The highest BCUT2D eigenvalue weighted by Crippen LogP contribution is 2.36. The van der Waals surface area contributed by atoms with E-state index >= 15 is 0 Å². The first-order chi connectivity index (χ1) is 9.16. The van der Waals surface area contributed by atoms with Crippen LogP contribution in [-0.4, -0.2) is 31.4 Å². The van der Waals surface area contributed by atoms with E-state index < -0.39 is 24.3 Å². The average Bonchev–Trinajstić information content (AvgIpc) is 2.57. The van der Waals surface area contributed by atoms with Crippen LogP contribution in [0.25, 0.3) is 0 Å². The maximum Gasteiger partial charge on any atom is 0.494 e. The van der Waals surface area contributed by atoms with E-state index in [0.29, 0.717) is 16.0 Å². The lowest BCUT2D eigenvalue weighted by Crippen LogP contribution is -2.41. The van der Waals surface area contributed by atoms with Crippen molar-refractivity contribution in [3.63, 3.8) is 0 Å². The fraction of sp³-hybridized carbons (Fsp3) is 0.500. The molecule has 0 atom stereocenters. The molecule has 1 saturated heterocycles. The molecule has 0 radical (unpaired) electrons. The Kier molecular flexibility index (Phi) is 3.89. The largest absolute Gasteiger partial charge is 0.494 e. The van der Waals surface area contributed by atoms with E-state index in [1.165, 1.54) is 7.11 Å². The minimum atomic E-state index is -0.554. The Balaban J connectivity index is 2.35. The van der Waals surface area contributed by atoms with Crippen molar-refractivity contribution in [1.29, 1.82) is 0 Å². The lowest BCUT2D eigenvalue weighted by Gasteiger charge is -2.32. The second kappa shape index (κ2) is 5.06. The van der Waals surface area contributed by atoms with Gasteiger partial charge in [0.15, 0.2) is 0 Å². The maximum absolute atomic E-state index is 11.6. The molecule has 6 heteroatoms. The summed E-state index contributed by atoms with van der Waals surface area (Å²) in [6.07, 6.45) is 0. The van der Waals surface area contributed by atoms with Crippen LogP contribution in [-0.2, 0) is 14.0 Å². The lowest BCUT2D eigenvalue weighted by atomic mass is 9.78. The minimum absolute atomic E-state index is 0.379. The molecule has 1 aliphatic rings. The highest BCUT2D eigenvalue weighted by Gasteiger charge is 2.51. The van der Waals surface area contributed by atoms with Crippen LogP contribution in [0.3, 0.4) is 0 Å². The standard InChI is InChI=1S/C14H18BClO4/c1-13(2)14(3,4)20-15(19-13)10-6-9(12(17)18-5)7-11(16)8-10/h6-8H,1-5H3. The summed E-state index contributed by atoms with van der Waals surface area (Å²) in [7, 11) is 0.777. The van der Waals surface area contributed by atoms with E-state index in [-0.39, 0.29) is 0 Å². The van der Waals surface area contributed by atoms with Crippen molar-refractivity contribution in [2.24, 2.45) is 0 Å². The summed E-state index contributed by atoms with van der Waals surface area (Å²) in [6.45, 7) is 7.88. The normalized spacial score (nSPS) is 20.0. The van der Waals surface area contributed by atoms with Gasteiger partial charge in [0.1, 0.15) is 0 Å². The van der Waals surface area contributed by atoms with Crippen LogP contribution in [0.15, 0.2) is 18.2 Å². The zero-order valence-electron chi connectivity index (χ0n) is 12.3. The van der Waals surface area contributed by atoms with Crippen molar-refractivity contribution in [2.75, 3.05) is 7.11 Å². The van der Waals surface area contributed by atoms with Crippen molar-refractivity contribution in [3.05, 3.63) is 28.8 Å². The quantitative estimate of drug-likeness (QED) is 0.621. The molecule has 0 saturated carbocycles. The van der Waals surface area contributed by atoms with E-state index in [1.807, 2.05) is 27.7 Å². The van der Waals surface area contributed by atoms with Crippen molar-refractivity contribution in [1.82, 2.24) is 0 Å². The van der Waals surface area contributed by atoms with Crippen LogP contribution < -0.4 is 5.46 Å². The minimum Gasteiger partial charge on any atom is -0.465 e. The van der Waals surface area contributed by atoms with E-state index in [9.17, 15) is 4.79 Å². The summed E-state index contributed by atoms with van der Waals surface area (Å²) in [5.74, 6) is -0.440. The topological polar surface area (TPSA) is 44.8 Å². The van der Waals surface area contributed by atoms with Gasteiger partial charge >= 0.3 is 13.1 Å².